The van der Waals surface area contributed by atoms with E-state index in [0.29, 0.717) is 12.0 Å². The van der Waals surface area contributed by atoms with Crippen LogP contribution in [-0.2, 0) is 4.79 Å². The van der Waals surface area contributed by atoms with Gasteiger partial charge in [0.2, 0.25) is 0 Å². The molecule has 21 heavy (non-hydrogen) atoms. The fourth-order valence-electron chi connectivity index (χ4n) is 2.43. The van der Waals surface area contributed by atoms with Crippen molar-refractivity contribution in [1.82, 2.24) is 0 Å². The lowest BCUT2D eigenvalue weighted by Crippen LogP contribution is -2.28. The summed E-state index contributed by atoms with van der Waals surface area (Å²) in [6.45, 7) is 1.76. The van der Waals surface area contributed by atoms with Crippen LogP contribution < -0.4 is 0 Å². The van der Waals surface area contributed by atoms with Crippen LogP contribution in [0.4, 0.5) is 13.2 Å². The molecule has 0 aliphatic heterocycles. The Morgan fingerprint density at radius 3 is 2.43 bits per heavy atom. The Labute approximate surface area is 120 Å². The number of Topliss-reactive ketones (excluding diaryl/α,β-unsaturated/α-hetero) is 1. The van der Waals surface area contributed by atoms with Crippen molar-refractivity contribution in [1.29, 1.82) is 0 Å². The van der Waals surface area contributed by atoms with Gasteiger partial charge in [0.25, 0.3) is 5.78 Å². The zero-order valence-electron chi connectivity index (χ0n) is 11.4. The monoisotopic (exact) mass is 296 g/mol. The summed E-state index contributed by atoms with van der Waals surface area (Å²) >= 11 is 0. The molecule has 1 aliphatic carbocycles. The number of carbonyl (C=O) groups is 1. The Balaban J connectivity index is 2.43. The molecular weight excluding hydrogens is 281 g/mol. The largest absolute Gasteiger partial charge is 0.507 e. The maximum Gasteiger partial charge on any atom is 0.454 e. The molecule has 1 aromatic carbocycles. The van der Waals surface area contributed by atoms with E-state index < -0.39 is 23.3 Å². The van der Waals surface area contributed by atoms with Gasteiger partial charge in [0.1, 0.15) is 5.76 Å². The average Bonchev–Trinajstić information content (AvgIpc) is 2.42. The molecule has 1 N–H and O–H groups in total. The molecule has 2 nitrogen and oxygen atoms in total. The first kappa shape index (κ1) is 15.4. The van der Waals surface area contributed by atoms with Gasteiger partial charge in [0, 0.05) is 5.57 Å². The van der Waals surface area contributed by atoms with E-state index in [9.17, 15) is 23.1 Å². The number of benzene rings is 1. The van der Waals surface area contributed by atoms with Crippen molar-refractivity contribution >= 4 is 11.9 Å². The molecule has 2 rings (SSSR count). The van der Waals surface area contributed by atoms with Crippen LogP contribution in [0.5, 0.6) is 0 Å². The predicted octanol–water partition coefficient (Wildman–Crippen LogP) is 4.44. The van der Waals surface area contributed by atoms with Gasteiger partial charge in [-0.2, -0.15) is 13.2 Å². The molecule has 5 heteroatoms. The molecule has 1 atom stereocenters. The third kappa shape index (κ3) is 3.54. The third-order valence-electron chi connectivity index (χ3n) is 3.38. The molecule has 1 aromatic rings. The van der Waals surface area contributed by atoms with Gasteiger partial charge in [-0.15, -0.1) is 0 Å². The Hall–Kier alpha value is -2.04. The lowest BCUT2D eigenvalue weighted by atomic mass is 9.83. The van der Waals surface area contributed by atoms with E-state index in [1.54, 1.807) is 37.3 Å². The molecule has 0 heterocycles. The molecule has 0 saturated carbocycles. The lowest BCUT2D eigenvalue weighted by molar-refractivity contribution is -0.167. The summed E-state index contributed by atoms with van der Waals surface area (Å²) in [7, 11) is 0. The van der Waals surface area contributed by atoms with E-state index in [-0.39, 0.29) is 12.3 Å². The van der Waals surface area contributed by atoms with Crippen molar-refractivity contribution in [2.75, 3.05) is 0 Å². The van der Waals surface area contributed by atoms with Crippen molar-refractivity contribution in [3.05, 3.63) is 52.8 Å². The van der Waals surface area contributed by atoms with Gasteiger partial charge in [-0.3, -0.25) is 4.79 Å². The second-order valence-corrected chi connectivity index (χ2v) is 5.25. The maximum atomic E-state index is 12.6. The highest BCUT2D eigenvalue weighted by Gasteiger charge is 2.43. The number of ketones is 1. The fraction of sp³-hybridized carbons (Fsp3) is 0.312. The summed E-state index contributed by atoms with van der Waals surface area (Å²) in [5.74, 6) is -2.61. The summed E-state index contributed by atoms with van der Waals surface area (Å²) in [6.07, 6.45) is -2.96. The molecule has 1 unspecified atom stereocenters. The molecule has 0 saturated heterocycles. The van der Waals surface area contributed by atoms with Gasteiger partial charge in [0.05, 0.1) is 0 Å². The number of alkyl halides is 3. The van der Waals surface area contributed by atoms with Gasteiger partial charge in [0.15, 0.2) is 0 Å². The second kappa shape index (κ2) is 5.76. The first-order chi connectivity index (χ1) is 9.79. The number of halogens is 3. The molecule has 0 aromatic heterocycles. The van der Waals surface area contributed by atoms with E-state index in [4.69, 9.17) is 0 Å². The summed E-state index contributed by atoms with van der Waals surface area (Å²) in [4.78, 5) is 11.4. The van der Waals surface area contributed by atoms with E-state index in [1.807, 2.05) is 6.07 Å². The Morgan fingerprint density at radius 2 is 1.86 bits per heavy atom. The minimum Gasteiger partial charge on any atom is -0.507 e. The minimum atomic E-state index is -4.96. The first-order valence-electron chi connectivity index (χ1n) is 6.58. The third-order valence-corrected chi connectivity index (χ3v) is 3.38. The topological polar surface area (TPSA) is 37.3 Å². The summed E-state index contributed by atoms with van der Waals surface area (Å²) in [5, 5.41) is 10.0. The summed E-state index contributed by atoms with van der Waals surface area (Å²) in [5.41, 5.74) is 0.600. The smallest absolute Gasteiger partial charge is 0.454 e. The van der Waals surface area contributed by atoms with Crippen LogP contribution in [0.25, 0.3) is 6.08 Å². The Kier molecular flexibility index (Phi) is 4.21. The van der Waals surface area contributed by atoms with Gasteiger partial charge >= 0.3 is 6.18 Å². The number of hydrogen-bond donors (Lipinski definition) is 1. The van der Waals surface area contributed by atoms with Crippen LogP contribution in [0.15, 0.2) is 47.2 Å². The zero-order valence-corrected chi connectivity index (χ0v) is 11.4. The van der Waals surface area contributed by atoms with Gasteiger partial charge < -0.3 is 5.11 Å². The SMILES string of the molecule is CC1CC(C(=O)C(F)(F)F)=C(O)/C(=C\c2ccccc2)C1. The quantitative estimate of drug-likeness (QED) is 0.875. The molecule has 0 spiro atoms. The van der Waals surface area contributed by atoms with Crippen LogP contribution in [0.1, 0.15) is 25.3 Å². The number of hydrogen-bond acceptors (Lipinski definition) is 2. The van der Waals surface area contributed by atoms with Gasteiger partial charge in [-0.1, -0.05) is 37.3 Å². The molecule has 0 amide bonds. The lowest BCUT2D eigenvalue weighted by Gasteiger charge is -2.24. The number of rotatable bonds is 2. The molecular formula is C16H15F3O2. The Bertz CT molecular complexity index is 598. The van der Waals surface area contributed by atoms with E-state index >= 15 is 0 Å². The van der Waals surface area contributed by atoms with Crippen molar-refractivity contribution < 1.29 is 23.1 Å². The van der Waals surface area contributed by atoms with Crippen molar-refractivity contribution in [2.45, 2.75) is 25.9 Å². The molecule has 0 bridgehead atoms. The van der Waals surface area contributed by atoms with Crippen LogP contribution in [0, 0.1) is 5.92 Å². The van der Waals surface area contributed by atoms with Crippen molar-refractivity contribution in [3.8, 4) is 0 Å². The fourth-order valence-corrected chi connectivity index (χ4v) is 2.43. The zero-order chi connectivity index (χ0) is 15.6. The number of carbonyl (C=O) groups excluding carboxylic acids is 1. The number of allylic oxidation sites excluding steroid dienone is 2. The highest BCUT2D eigenvalue weighted by molar-refractivity contribution is 6.01. The van der Waals surface area contributed by atoms with Crippen LogP contribution in [-0.4, -0.2) is 17.1 Å². The average molecular weight is 296 g/mol. The Morgan fingerprint density at radius 1 is 1.24 bits per heavy atom. The molecule has 0 fully saturated rings. The number of aliphatic hydroxyl groups excluding tert-OH is 1. The summed E-state index contributed by atoms with van der Waals surface area (Å²) < 4.78 is 37.7. The molecule has 0 radical (unpaired) electrons. The standard InChI is InChI=1S/C16H15F3O2/c1-10-7-12(9-11-5-3-2-4-6-11)14(20)13(8-10)15(21)16(17,18)19/h2-6,9-10,20H,7-8H2,1H3/b12-9-. The normalized spacial score (nSPS) is 21.7. The van der Waals surface area contributed by atoms with E-state index in [1.165, 1.54) is 0 Å². The second-order valence-electron chi connectivity index (χ2n) is 5.25. The van der Waals surface area contributed by atoms with Crippen LogP contribution in [0.2, 0.25) is 0 Å². The van der Waals surface area contributed by atoms with Gasteiger partial charge in [-0.05, 0) is 36.0 Å². The summed E-state index contributed by atoms with van der Waals surface area (Å²) in [6, 6.07) is 8.97. The van der Waals surface area contributed by atoms with Crippen LogP contribution in [0.3, 0.4) is 0 Å². The minimum absolute atomic E-state index is 0.0592. The molecule has 1 aliphatic rings. The maximum absolute atomic E-state index is 12.6. The number of aliphatic hydroxyl groups is 1. The van der Waals surface area contributed by atoms with E-state index in [2.05, 4.69) is 0 Å². The van der Waals surface area contributed by atoms with Crippen molar-refractivity contribution in [3.63, 3.8) is 0 Å². The van der Waals surface area contributed by atoms with Crippen molar-refractivity contribution in [2.24, 2.45) is 5.92 Å². The van der Waals surface area contributed by atoms with E-state index in [0.717, 1.165) is 5.56 Å². The molecule has 112 valence electrons. The van der Waals surface area contributed by atoms with Gasteiger partial charge in [-0.25, -0.2) is 0 Å². The predicted molar refractivity (Wildman–Crippen MR) is 73.5 cm³/mol. The highest BCUT2D eigenvalue weighted by atomic mass is 19.4. The van der Waals surface area contributed by atoms with Crippen LogP contribution >= 0.6 is 0 Å². The highest BCUT2D eigenvalue weighted by Crippen LogP contribution is 2.36. The first-order valence-corrected chi connectivity index (χ1v) is 6.58.